The Bertz CT molecular complexity index is 300. The van der Waals surface area contributed by atoms with Crippen LogP contribution in [0.5, 0.6) is 0 Å². The van der Waals surface area contributed by atoms with Gasteiger partial charge in [-0.1, -0.05) is 28.0 Å². The molecule has 0 spiro atoms. The van der Waals surface area contributed by atoms with Crippen LogP contribution in [0.3, 0.4) is 0 Å². The van der Waals surface area contributed by atoms with Gasteiger partial charge in [0.2, 0.25) is 0 Å². The molecule has 1 fully saturated rings. The van der Waals surface area contributed by atoms with Crippen molar-refractivity contribution >= 4 is 27.6 Å². The molecule has 142 valence electrons. The van der Waals surface area contributed by atoms with Gasteiger partial charge in [-0.25, -0.2) is 0 Å². The van der Waals surface area contributed by atoms with Crippen LogP contribution in [0.4, 0.5) is 0 Å². The van der Waals surface area contributed by atoms with Crippen LogP contribution in [0.15, 0.2) is 0 Å². The molecular weight excluding hydrogens is 352 g/mol. The third-order valence-electron chi connectivity index (χ3n) is 3.35. The van der Waals surface area contributed by atoms with Crippen molar-refractivity contribution in [3.05, 3.63) is 0 Å². The monoisotopic (exact) mass is 382 g/mol. The summed E-state index contributed by atoms with van der Waals surface area (Å²) < 4.78 is 20.8. The number of carbonyl (C=O) groups excluding carboxylic acids is 1. The number of unbranched alkanes of at least 4 members (excludes halogenated alkanes) is 1. The fourth-order valence-electron chi connectivity index (χ4n) is 2.10. The zero-order chi connectivity index (χ0) is 17.3. The minimum Gasteiger partial charge on any atom is -0.463 e. The predicted molar refractivity (Wildman–Crippen MR) is 97.4 cm³/mol. The summed E-state index contributed by atoms with van der Waals surface area (Å²) >= 11 is 0. The molecule has 0 aromatic carbocycles. The first kappa shape index (κ1) is 22.1. The van der Waals surface area contributed by atoms with Crippen LogP contribution in [0.2, 0.25) is 0 Å². The van der Waals surface area contributed by atoms with Crippen molar-refractivity contribution < 1.29 is 28.8 Å². The Morgan fingerprint density at radius 2 is 1.62 bits per heavy atom. The quantitative estimate of drug-likeness (QED) is 0.248. The van der Waals surface area contributed by atoms with Gasteiger partial charge in [0.15, 0.2) is 0 Å². The van der Waals surface area contributed by atoms with Gasteiger partial charge in [-0.15, -0.1) is 0 Å². The van der Waals surface area contributed by atoms with Crippen molar-refractivity contribution in [3.8, 4) is 0 Å². The van der Waals surface area contributed by atoms with Gasteiger partial charge in [-0.3, -0.25) is 4.79 Å². The summed E-state index contributed by atoms with van der Waals surface area (Å²) in [6.45, 7) is 2.96. The fraction of sp³-hybridized carbons (Fsp3) is 0.938. The van der Waals surface area contributed by atoms with E-state index in [-0.39, 0.29) is 12.6 Å². The van der Waals surface area contributed by atoms with E-state index in [1.165, 1.54) is 18.6 Å². The van der Waals surface area contributed by atoms with E-state index in [0.717, 1.165) is 18.1 Å². The predicted octanol–water partition coefficient (Wildman–Crippen LogP) is 2.29. The Kier molecular flexibility index (Phi) is 15.1. The van der Waals surface area contributed by atoms with E-state index in [4.69, 9.17) is 24.1 Å². The molecule has 0 bridgehead atoms. The number of aliphatic hydroxyl groups excluding tert-OH is 1. The smallest absolute Gasteiger partial charge is 0.305 e. The minimum atomic E-state index is -0.135. The fourth-order valence-corrected chi connectivity index (χ4v) is 5.13. The Morgan fingerprint density at radius 1 is 0.958 bits per heavy atom. The van der Waals surface area contributed by atoms with Gasteiger partial charge in [-0.05, 0) is 19.3 Å². The summed E-state index contributed by atoms with van der Waals surface area (Å²) in [4.78, 5) is 11.6. The average Bonchev–Trinajstić information content (AvgIpc) is 3.10. The number of esters is 1. The summed E-state index contributed by atoms with van der Waals surface area (Å²) in [5, 5.41) is 9.29. The summed E-state index contributed by atoms with van der Waals surface area (Å²) in [5.41, 5.74) is 0. The van der Waals surface area contributed by atoms with Gasteiger partial charge in [0.05, 0.1) is 46.2 Å². The Morgan fingerprint density at radius 3 is 2.25 bits per heavy atom. The summed E-state index contributed by atoms with van der Waals surface area (Å²) in [5.74, 6) is 1.13. The lowest BCUT2D eigenvalue weighted by molar-refractivity contribution is -0.145. The maximum atomic E-state index is 11.6. The van der Waals surface area contributed by atoms with E-state index < -0.39 is 0 Å². The average molecular weight is 383 g/mol. The van der Waals surface area contributed by atoms with E-state index in [0.29, 0.717) is 52.7 Å². The van der Waals surface area contributed by atoms with E-state index >= 15 is 0 Å². The SMILES string of the molecule is O=C(CCCC[C@@H]1CCSS1)OCCOCCOCCOCCO. The largest absolute Gasteiger partial charge is 0.463 e. The molecule has 0 aliphatic carbocycles. The van der Waals surface area contributed by atoms with Crippen molar-refractivity contribution in [2.45, 2.75) is 37.4 Å². The molecule has 0 aromatic rings. The van der Waals surface area contributed by atoms with Crippen LogP contribution in [-0.2, 0) is 23.7 Å². The first-order chi connectivity index (χ1) is 11.8. The minimum absolute atomic E-state index is 0.0284. The Balaban J connectivity index is 1.74. The van der Waals surface area contributed by atoms with Gasteiger partial charge in [-0.2, -0.15) is 0 Å². The number of rotatable bonds is 16. The third-order valence-corrected chi connectivity index (χ3v) is 6.36. The molecule has 8 heteroatoms. The molecule has 1 N–H and O–H groups in total. The molecule has 1 aliphatic rings. The molecule has 1 rings (SSSR count). The summed E-state index contributed by atoms with van der Waals surface area (Å²) in [6.07, 6.45) is 5.02. The molecule has 0 aromatic heterocycles. The molecule has 1 heterocycles. The highest BCUT2D eigenvalue weighted by molar-refractivity contribution is 8.77. The van der Waals surface area contributed by atoms with Crippen LogP contribution in [0.1, 0.15) is 32.1 Å². The molecule has 24 heavy (non-hydrogen) atoms. The van der Waals surface area contributed by atoms with E-state index in [1.807, 2.05) is 21.6 Å². The van der Waals surface area contributed by atoms with Gasteiger partial charge in [0.1, 0.15) is 6.61 Å². The second kappa shape index (κ2) is 16.5. The molecular formula is C16H30O6S2. The van der Waals surface area contributed by atoms with Crippen LogP contribution in [0.25, 0.3) is 0 Å². The number of ether oxygens (including phenoxy) is 4. The second-order valence-corrected chi connectivity index (χ2v) is 8.14. The summed E-state index contributed by atoms with van der Waals surface area (Å²) in [6, 6.07) is 0. The molecule has 0 unspecified atom stereocenters. The highest BCUT2D eigenvalue weighted by Crippen LogP contribution is 2.39. The van der Waals surface area contributed by atoms with E-state index in [2.05, 4.69) is 0 Å². The van der Waals surface area contributed by atoms with Crippen LogP contribution < -0.4 is 0 Å². The Labute approximate surface area is 152 Å². The maximum Gasteiger partial charge on any atom is 0.305 e. The van der Waals surface area contributed by atoms with Crippen molar-refractivity contribution in [1.29, 1.82) is 0 Å². The normalized spacial score (nSPS) is 17.3. The van der Waals surface area contributed by atoms with E-state index in [9.17, 15) is 4.79 Å². The number of hydrogen-bond acceptors (Lipinski definition) is 8. The van der Waals surface area contributed by atoms with Crippen LogP contribution in [-0.4, -0.2) is 74.9 Å². The number of carbonyl (C=O) groups is 1. The van der Waals surface area contributed by atoms with Crippen molar-refractivity contribution in [2.24, 2.45) is 0 Å². The standard InChI is InChI=1S/C16H30O6S2/c17-6-7-19-8-9-20-10-11-21-12-13-22-16(18)4-2-1-3-15-5-14-23-24-15/h15,17H,1-14H2/t15-/m1/s1. The highest BCUT2D eigenvalue weighted by Gasteiger charge is 2.15. The van der Waals surface area contributed by atoms with Gasteiger partial charge in [0, 0.05) is 17.4 Å². The third kappa shape index (κ3) is 13.3. The molecule has 0 amide bonds. The lowest BCUT2D eigenvalue weighted by Crippen LogP contribution is -2.14. The highest BCUT2D eigenvalue weighted by atomic mass is 33.1. The zero-order valence-corrected chi connectivity index (χ0v) is 15.9. The summed E-state index contributed by atoms with van der Waals surface area (Å²) in [7, 11) is 3.95. The van der Waals surface area contributed by atoms with Crippen LogP contribution in [0, 0.1) is 0 Å². The molecule has 1 saturated heterocycles. The molecule has 1 atom stereocenters. The van der Waals surface area contributed by atoms with Crippen molar-refractivity contribution in [2.75, 3.05) is 58.6 Å². The van der Waals surface area contributed by atoms with Gasteiger partial charge in [0.25, 0.3) is 0 Å². The van der Waals surface area contributed by atoms with Crippen LogP contribution >= 0.6 is 21.6 Å². The molecule has 0 saturated carbocycles. The number of aliphatic hydroxyl groups is 1. The van der Waals surface area contributed by atoms with Gasteiger partial charge >= 0.3 is 5.97 Å². The lowest BCUT2D eigenvalue weighted by Gasteiger charge is -2.08. The molecule has 1 aliphatic heterocycles. The van der Waals surface area contributed by atoms with E-state index in [1.54, 1.807) is 0 Å². The zero-order valence-electron chi connectivity index (χ0n) is 14.3. The van der Waals surface area contributed by atoms with Crippen molar-refractivity contribution in [1.82, 2.24) is 0 Å². The second-order valence-electron chi connectivity index (χ2n) is 5.36. The maximum absolute atomic E-state index is 11.6. The lowest BCUT2D eigenvalue weighted by atomic mass is 10.1. The first-order valence-electron chi connectivity index (χ1n) is 8.61. The number of hydrogen-bond donors (Lipinski definition) is 1. The van der Waals surface area contributed by atoms with Crippen molar-refractivity contribution in [3.63, 3.8) is 0 Å². The van der Waals surface area contributed by atoms with Gasteiger partial charge < -0.3 is 24.1 Å². The topological polar surface area (TPSA) is 74.2 Å². The molecule has 6 nitrogen and oxygen atoms in total. The molecule has 0 radical (unpaired) electrons. The first-order valence-corrected chi connectivity index (χ1v) is 11.0. The Hall–Kier alpha value is 0.01000.